The summed E-state index contributed by atoms with van der Waals surface area (Å²) in [4.78, 5) is 22.6. The van der Waals surface area contributed by atoms with E-state index in [1.54, 1.807) is 0 Å². The maximum Gasteiger partial charge on any atom is 0.262 e. The Morgan fingerprint density at radius 1 is 1.44 bits per heavy atom. The second kappa shape index (κ2) is 5.79. The number of halogens is 3. The number of carbonyl (C=O) groups excluding carboxylic acids is 2. The van der Waals surface area contributed by atoms with E-state index in [0.29, 0.717) is 19.4 Å². The van der Waals surface area contributed by atoms with Crippen LogP contribution >= 0.6 is 12.4 Å². The number of carbonyl (C=O) groups is 2. The maximum absolute atomic E-state index is 12.9. The summed E-state index contributed by atoms with van der Waals surface area (Å²) in [5.74, 6) is -3.26. The van der Waals surface area contributed by atoms with E-state index in [1.807, 2.05) is 0 Å². The fourth-order valence-corrected chi connectivity index (χ4v) is 2.06. The monoisotopic (exact) mass is 283 g/mol. The molecule has 2 rings (SSSR count). The van der Waals surface area contributed by atoms with Gasteiger partial charge in [0.15, 0.2) is 0 Å². The van der Waals surface area contributed by atoms with Gasteiger partial charge in [0.2, 0.25) is 11.8 Å². The summed E-state index contributed by atoms with van der Waals surface area (Å²) in [6.45, 7) is -0.0832. The highest BCUT2D eigenvalue weighted by atomic mass is 35.5. The molecule has 104 valence electrons. The molecule has 0 aromatic rings. The molecule has 18 heavy (non-hydrogen) atoms. The van der Waals surface area contributed by atoms with Gasteiger partial charge in [-0.3, -0.25) is 14.9 Å². The molecule has 0 spiro atoms. The van der Waals surface area contributed by atoms with Crippen LogP contribution in [-0.4, -0.2) is 42.9 Å². The highest BCUT2D eigenvalue weighted by molar-refractivity contribution is 5.85. The summed E-state index contributed by atoms with van der Waals surface area (Å²) < 4.78 is 25.8. The number of alkyl halides is 2. The van der Waals surface area contributed by atoms with Gasteiger partial charge in [-0.05, 0) is 6.42 Å². The van der Waals surface area contributed by atoms with Gasteiger partial charge in [-0.2, -0.15) is 0 Å². The summed E-state index contributed by atoms with van der Waals surface area (Å²) in [6.07, 6.45) is 0.456. The highest BCUT2D eigenvalue weighted by Crippen LogP contribution is 2.25. The van der Waals surface area contributed by atoms with Crippen molar-refractivity contribution >= 4 is 24.2 Å². The van der Waals surface area contributed by atoms with Gasteiger partial charge in [-0.1, -0.05) is 0 Å². The minimum absolute atomic E-state index is 0. The van der Waals surface area contributed by atoms with Crippen LogP contribution in [0.4, 0.5) is 8.78 Å². The Labute approximate surface area is 109 Å². The first-order chi connectivity index (χ1) is 7.96. The maximum atomic E-state index is 12.9. The van der Waals surface area contributed by atoms with Crippen LogP contribution in [0, 0.1) is 0 Å². The quantitative estimate of drug-likeness (QED) is 0.657. The molecule has 0 aromatic carbocycles. The number of hydrogen-bond donors (Lipinski definition) is 3. The molecule has 0 aromatic heterocycles. The largest absolute Gasteiger partial charge is 0.354 e. The molecular formula is C10H16ClF2N3O2. The van der Waals surface area contributed by atoms with E-state index in [-0.39, 0.29) is 24.4 Å². The lowest BCUT2D eigenvalue weighted by atomic mass is 10.1. The van der Waals surface area contributed by atoms with Gasteiger partial charge in [0.1, 0.15) is 0 Å². The molecule has 8 heteroatoms. The third kappa shape index (κ3) is 3.78. The van der Waals surface area contributed by atoms with Crippen molar-refractivity contribution in [1.29, 1.82) is 0 Å². The molecule has 3 N–H and O–H groups in total. The summed E-state index contributed by atoms with van der Waals surface area (Å²) in [7, 11) is 0. The molecule has 5 nitrogen and oxygen atoms in total. The molecule has 2 amide bonds. The van der Waals surface area contributed by atoms with Crippen molar-refractivity contribution in [2.75, 3.05) is 13.1 Å². The Hall–Kier alpha value is -0.950. The van der Waals surface area contributed by atoms with Gasteiger partial charge in [0.05, 0.1) is 12.6 Å². The number of nitrogens with one attached hydrogen (secondary N) is 3. The van der Waals surface area contributed by atoms with E-state index in [2.05, 4.69) is 16.0 Å². The number of amides is 2. The standard InChI is InChI=1S/C10H15F2N3O2.ClH/c11-10(12)3-7(14-5-10)9(17)15-6-1-2-8(16)13-4-6;/h6-7,14H,1-5H2,(H,13,16)(H,15,17);1H. The van der Waals surface area contributed by atoms with Crippen LogP contribution < -0.4 is 16.0 Å². The van der Waals surface area contributed by atoms with E-state index < -0.39 is 30.8 Å². The van der Waals surface area contributed by atoms with Crippen LogP contribution in [0.3, 0.4) is 0 Å². The summed E-state index contributed by atoms with van der Waals surface area (Å²) in [5.41, 5.74) is 0. The van der Waals surface area contributed by atoms with E-state index in [0.717, 1.165) is 0 Å². The fourth-order valence-electron chi connectivity index (χ4n) is 2.06. The molecule has 2 aliphatic heterocycles. The topological polar surface area (TPSA) is 70.2 Å². The van der Waals surface area contributed by atoms with Crippen LogP contribution in [0.1, 0.15) is 19.3 Å². The summed E-state index contributed by atoms with van der Waals surface area (Å²) >= 11 is 0. The zero-order valence-corrected chi connectivity index (χ0v) is 10.5. The van der Waals surface area contributed by atoms with Gasteiger partial charge in [0, 0.05) is 25.4 Å². The average molecular weight is 284 g/mol. The third-order valence-electron chi connectivity index (χ3n) is 3.04. The van der Waals surface area contributed by atoms with Gasteiger partial charge in [-0.15, -0.1) is 12.4 Å². The average Bonchev–Trinajstić information content (AvgIpc) is 2.62. The van der Waals surface area contributed by atoms with E-state index >= 15 is 0 Å². The molecule has 0 bridgehead atoms. The van der Waals surface area contributed by atoms with E-state index in [4.69, 9.17) is 0 Å². The highest BCUT2D eigenvalue weighted by Gasteiger charge is 2.42. The van der Waals surface area contributed by atoms with Crippen molar-refractivity contribution in [3.63, 3.8) is 0 Å². The molecule has 2 unspecified atom stereocenters. The lowest BCUT2D eigenvalue weighted by Gasteiger charge is -2.24. The predicted octanol–water partition coefficient (Wildman–Crippen LogP) is -0.200. The normalized spacial score (nSPS) is 30.2. The first-order valence-electron chi connectivity index (χ1n) is 5.64. The first kappa shape index (κ1) is 15.1. The van der Waals surface area contributed by atoms with Crippen LogP contribution in [-0.2, 0) is 9.59 Å². The van der Waals surface area contributed by atoms with Crippen LogP contribution in [0.5, 0.6) is 0 Å². The minimum atomic E-state index is -2.80. The zero-order valence-electron chi connectivity index (χ0n) is 9.67. The van der Waals surface area contributed by atoms with Gasteiger partial charge in [-0.25, -0.2) is 8.78 Å². The Morgan fingerprint density at radius 2 is 2.17 bits per heavy atom. The van der Waals surface area contributed by atoms with Crippen LogP contribution in [0.2, 0.25) is 0 Å². The second-order valence-electron chi connectivity index (χ2n) is 4.54. The summed E-state index contributed by atoms with van der Waals surface area (Å²) in [5, 5.41) is 7.79. The Bertz CT molecular complexity index is 331. The first-order valence-corrected chi connectivity index (χ1v) is 5.64. The second-order valence-corrected chi connectivity index (χ2v) is 4.54. The molecule has 2 aliphatic rings. The molecule has 0 saturated carbocycles. The van der Waals surface area contributed by atoms with Gasteiger partial charge >= 0.3 is 0 Å². The van der Waals surface area contributed by atoms with Crippen molar-refractivity contribution in [3.8, 4) is 0 Å². The molecule has 0 aliphatic carbocycles. The van der Waals surface area contributed by atoms with Gasteiger partial charge < -0.3 is 10.6 Å². The van der Waals surface area contributed by atoms with Crippen molar-refractivity contribution < 1.29 is 18.4 Å². The van der Waals surface area contributed by atoms with Crippen molar-refractivity contribution in [2.45, 2.75) is 37.3 Å². The van der Waals surface area contributed by atoms with Crippen LogP contribution in [0.25, 0.3) is 0 Å². The van der Waals surface area contributed by atoms with Gasteiger partial charge in [0.25, 0.3) is 5.92 Å². The van der Waals surface area contributed by atoms with E-state index in [1.165, 1.54) is 0 Å². The number of hydrogen-bond acceptors (Lipinski definition) is 3. The Balaban J connectivity index is 0.00000162. The molecule has 2 saturated heterocycles. The lowest BCUT2D eigenvalue weighted by molar-refractivity contribution is -0.126. The smallest absolute Gasteiger partial charge is 0.262 e. The molecule has 0 radical (unpaired) electrons. The molecular weight excluding hydrogens is 268 g/mol. The number of rotatable bonds is 2. The van der Waals surface area contributed by atoms with Crippen molar-refractivity contribution in [1.82, 2.24) is 16.0 Å². The SMILES string of the molecule is Cl.O=C1CCC(NC(=O)C2CC(F)(F)CN2)CN1. The predicted molar refractivity (Wildman–Crippen MR) is 62.8 cm³/mol. The molecule has 2 fully saturated rings. The Kier molecular flexibility index (Phi) is 4.86. The number of piperidine rings is 1. The lowest BCUT2D eigenvalue weighted by Crippen LogP contribution is -2.51. The fraction of sp³-hybridized carbons (Fsp3) is 0.800. The molecule has 2 atom stereocenters. The van der Waals surface area contributed by atoms with Crippen LogP contribution in [0.15, 0.2) is 0 Å². The molecule has 2 heterocycles. The Morgan fingerprint density at radius 3 is 2.67 bits per heavy atom. The summed E-state index contributed by atoms with van der Waals surface area (Å²) in [6, 6.07) is -0.987. The third-order valence-corrected chi connectivity index (χ3v) is 3.04. The zero-order chi connectivity index (χ0) is 12.5. The van der Waals surface area contributed by atoms with E-state index in [9.17, 15) is 18.4 Å². The van der Waals surface area contributed by atoms with Crippen molar-refractivity contribution in [3.05, 3.63) is 0 Å². The minimum Gasteiger partial charge on any atom is -0.354 e. The van der Waals surface area contributed by atoms with Crippen molar-refractivity contribution in [2.24, 2.45) is 0 Å².